The predicted molar refractivity (Wildman–Crippen MR) is 63.5 cm³/mol. The Morgan fingerprint density at radius 2 is 1.78 bits per heavy atom. The highest BCUT2D eigenvalue weighted by atomic mass is 19.2. The zero-order valence-electron chi connectivity index (χ0n) is 10.3. The van der Waals surface area contributed by atoms with Crippen LogP contribution in [0.1, 0.15) is 48.0 Å². The van der Waals surface area contributed by atoms with Crippen molar-refractivity contribution in [2.45, 2.75) is 44.6 Å². The number of hydrogen-bond donors (Lipinski definition) is 1. The quantitative estimate of drug-likeness (QED) is 0.823. The molecular weight excluding hydrogens is 238 g/mol. The van der Waals surface area contributed by atoms with E-state index in [-0.39, 0.29) is 11.1 Å². The minimum atomic E-state index is -1.53. The van der Waals surface area contributed by atoms with E-state index >= 15 is 0 Å². The number of carbonyl (C=O) groups excluding carboxylic acids is 1. The normalized spacial score (nSPS) is 18.7. The molecule has 0 heterocycles. The average molecular weight is 254 g/mol. The summed E-state index contributed by atoms with van der Waals surface area (Å²) in [4.78, 5) is 12.1. The van der Waals surface area contributed by atoms with Crippen LogP contribution in [-0.2, 0) is 0 Å². The van der Waals surface area contributed by atoms with Crippen molar-refractivity contribution >= 4 is 5.78 Å². The molecule has 0 radical (unpaired) electrons. The average Bonchev–Trinajstić information content (AvgIpc) is 2.36. The van der Waals surface area contributed by atoms with Gasteiger partial charge in [0.15, 0.2) is 17.4 Å². The fourth-order valence-corrected chi connectivity index (χ4v) is 2.44. The van der Waals surface area contributed by atoms with Crippen LogP contribution in [0.5, 0.6) is 0 Å². The lowest BCUT2D eigenvalue weighted by molar-refractivity contribution is 0.0112. The molecule has 1 aliphatic carbocycles. The Morgan fingerprint density at radius 3 is 2.39 bits per heavy atom. The number of aliphatic hydroxyl groups is 1. The molecule has 2 rings (SSSR count). The van der Waals surface area contributed by atoms with E-state index < -0.39 is 23.0 Å². The molecule has 0 bridgehead atoms. The minimum absolute atomic E-state index is 0.152. The number of benzene rings is 1. The summed E-state index contributed by atoms with van der Waals surface area (Å²) in [6.07, 6.45) is 3.07. The van der Waals surface area contributed by atoms with Gasteiger partial charge in [0.25, 0.3) is 0 Å². The second-order valence-electron chi connectivity index (χ2n) is 4.98. The van der Waals surface area contributed by atoms with Crippen molar-refractivity contribution in [2.75, 3.05) is 0 Å². The Hall–Kier alpha value is -1.29. The summed E-state index contributed by atoms with van der Waals surface area (Å²) in [5.41, 5.74) is -1.72. The Balaban J connectivity index is 2.37. The number of ketones is 1. The molecule has 18 heavy (non-hydrogen) atoms. The van der Waals surface area contributed by atoms with Crippen LogP contribution in [-0.4, -0.2) is 16.5 Å². The SMILES string of the molecule is Cc1ccc(C(=O)C2(O)CCCCC2)c(F)c1F. The molecular formula is C14H16F2O2. The van der Waals surface area contributed by atoms with Crippen molar-refractivity contribution in [3.05, 3.63) is 34.9 Å². The molecule has 1 saturated carbocycles. The Labute approximate surface area is 105 Å². The fourth-order valence-electron chi connectivity index (χ4n) is 2.44. The van der Waals surface area contributed by atoms with Crippen LogP contribution in [0.25, 0.3) is 0 Å². The van der Waals surface area contributed by atoms with E-state index in [1.807, 2.05) is 0 Å². The van der Waals surface area contributed by atoms with Crippen LogP contribution in [0.3, 0.4) is 0 Å². The van der Waals surface area contributed by atoms with Crippen LogP contribution < -0.4 is 0 Å². The van der Waals surface area contributed by atoms with Crippen molar-refractivity contribution in [1.29, 1.82) is 0 Å². The summed E-state index contributed by atoms with van der Waals surface area (Å²) >= 11 is 0. The molecule has 1 N–H and O–H groups in total. The van der Waals surface area contributed by atoms with Gasteiger partial charge in [-0.25, -0.2) is 8.78 Å². The van der Waals surface area contributed by atoms with Gasteiger partial charge in [0.2, 0.25) is 0 Å². The van der Waals surface area contributed by atoms with E-state index in [2.05, 4.69) is 0 Å². The molecule has 0 atom stereocenters. The zero-order valence-corrected chi connectivity index (χ0v) is 10.3. The zero-order chi connectivity index (χ0) is 13.3. The third kappa shape index (κ3) is 2.17. The first-order valence-corrected chi connectivity index (χ1v) is 6.17. The third-order valence-corrected chi connectivity index (χ3v) is 3.62. The van der Waals surface area contributed by atoms with E-state index in [4.69, 9.17) is 0 Å². The number of rotatable bonds is 2. The van der Waals surface area contributed by atoms with Gasteiger partial charge in [-0.2, -0.15) is 0 Å². The first kappa shape index (κ1) is 13.1. The maximum Gasteiger partial charge on any atom is 0.197 e. The predicted octanol–water partition coefficient (Wildman–Crippen LogP) is 3.15. The number of Topliss-reactive ketones (excluding diaryl/α,β-unsaturated/α-hetero) is 1. The molecule has 1 aromatic rings. The van der Waals surface area contributed by atoms with Gasteiger partial charge in [-0.3, -0.25) is 4.79 Å². The minimum Gasteiger partial charge on any atom is -0.382 e. The highest BCUT2D eigenvalue weighted by molar-refractivity contribution is 6.02. The summed E-state index contributed by atoms with van der Waals surface area (Å²) in [6, 6.07) is 2.61. The highest BCUT2D eigenvalue weighted by Gasteiger charge is 2.39. The van der Waals surface area contributed by atoms with E-state index in [0.717, 1.165) is 19.3 Å². The second kappa shape index (κ2) is 4.76. The number of halogens is 2. The summed E-state index contributed by atoms with van der Waals surface area (Å²) in [5, 5.41) is 10.2. The molecule has 1 aliphatic rings. The van der Waals surface area contributed by atoms with Crippen LogP contribution >= 0.6 is 0 Å². The molecule has 0 amide bonds. The monoisotopic (exact) mass is 254 g/mol. The van der Waals surface area contributed by atoms with Gasteiger partial charge in [0, 0.05) is 0 Å². The van der Waals surface area contributed by atoms with E-state index in [1.54, 1.807) is 0 Å². The lowest BCUT2D eigenvalue weighted by Crippen LogP contribution is -2.41. The lowest BCUT2D eigenvalue weighted by Gasteiger charge is -2.30. The third-order valence-electron chi connectivity index (χ3n) is 3.62. The molecule has 98 valence electrons. The molecule has 1 fully saturated rings. The smallest absolute Gasteiger partial charge is 0.197 e. The molecule has 1 aromatic carbocycles. The van der Waals surface area contributed by atoms with Crippen LogP contribution in [0.2, 0.25) is 0 Å². The Morgan fingerprint density at radius 1 is 1.17 bits per heavy atom. The Kier molecular flexibility index (Phi) is 3.48. The van der Waals surface area contributed by atoms with Gasteiger partial charge in [0.05, 0.1) is 5.56 Å². The van der Waals surface area contributed by atoms with Gasteiger partial charge in [-0.15, -0.1) is 0 Å². The van der Waals surface area contributed by atoms with Gasteiger partial charge in [-0.1, -0.05) is 25.3 Å². The molecule has 0 aliphatic heterocycles. The van der Waals surface area contributed by atoms with Crippen molar-refractivity contribution in [3.8, 4) is 0 Å². The largest absolute Gasteiger partial charge is 0.382 e. The van der Waals surface area contributed by atoms with Crippen LogP contribution in [0.4, 0.5) is 8.78 Å². The molecule has 0 spiro atoms. The van der Waals surface area contributed by atoms with Gasteiger partial charge < -0.3 is 5.11 Å². The topological polar surface area (TPSA) is 37.3 Å². The molecule has 0 unspecified atom stereocenters. The molecule has 0 aromatic heterocycles. The highest BCUT2D eigenvalue weighted by Crippen LogP contribution is 2.32. The first-order valence-electron chi connectivity index (χ1n) is 6.17. The van der Waals surface area contributed by atoms with Crippen LogP contribution in [0, 0.1) is 18.6 Å². The van der Waals surface area contributed by atoms with Crippen LogP contribution in [0.15, 0.2) is 12.1 Å². The summed E-state index contributed by atoms with van der Waals surface area (Å²) in [7, 11) is 0. The van der Waals surface area contributed by atoms with Gasteiger partial charge in [-0.05, 0) is 31.4 Å². The lowest BCUT2D eigenvalue weighted by atomic mass is 9.79. The van der Waals surface area contributed by atoms with Gasteiger partial charge in [0.1, 0.15) is 5.60 Å². The standard InChI is InChI=1S/C14H16F2O2/c1-9-5-6-10(12(16)11(9)15)13(17)14(18)7-3-2-4-8-14/h5-6,18H,2-4,7-8H2,1H3. The van der Waals surface area contributed by atoms with Crippen molar-refractivity contribution < 1.29 is 18.7 Å². The summed E-state index contributed by atoms with van der Waals surface area (Å²) in [6.45, 7) is 1.43. The van der Waals surface area contributed by atoms with Crippen molar-refractivity contribution in [3.63, 3.8) is 0 Å². The summed E-state index contributed by atoms with van der Waals surface area (Å²) < 4.78 is 27.2. The van der Waals surface area contributed by atoms with E-state index in [1.165, 1.54) is 19.1 Å². The number of aryl methyl sites for hydroxylation is 1. The van der Waals surface area contributed by atoms with E-state index in [0.29, 0.717) is 12.8 Å². The molecule has 0 saturated heterocycles. The summed E-state index contributed by atoms with van der Waals surface area (Å²) in [5.74, 6) is -2.86. The fraction of sp³-hybridized carbons (Fsp3) is 0.500. The molecule has 4 heteroatoms. The maximum absolute atomic E-state index is 13.7. The van der Waals surface area contributed by atoms with Crippen molar-refractivity contribution in [2.24, 2.45) is 0 Å². The Bertz CT molecular complexity index is 477. The number of hydrogen-bond acceptors (Lipinski definition) is 2. The second-order valence-corrected chi connectivity index (χ2v) is 4.98. The van der Waals surface area contributed by atoms with Crippen molar-refractivity contribution in [1.82, 2.24) is 0 Å². The van der Waals surface area contributed by atoms with Gasteiger partial charge >= 0.3 is 0 Å². The first-order chi connectivity index (χ1) is 8.46. The number of carbonyl (C=O) groups is 1. The van der Waals surface area contributed by atoms with E-state index in [9.17, 15) is 18.7 Å². The maximum atomic E-state index is 13.7. The molecule has 2 nitrogen and oxygen atoms in total.